The van der Waals surface area contributed by atoms with Crippen LogP contribution in [0.15, 0.2) is 35.1 Å². The van der Waals surface area contributed by atoms with E-state index < -0.39 is 5.24 Å². The van der Waals surface area contributed by atoms with Gasteiger partial charge in [-0.05, 0) is 48.4 Å². The van der Waals surface area contributed by atoms with Crippen molar-refractivity contribution >= 4 is 16.8 Å². The van der Waals surface area contributed by atoms with E-state index in [1.165, 1.54) is 4.68 Å². The van der Waals surface area contributed by atoms with E-state index in [0.29, 0.717) is 17.7 Å². The van der Waals surface area contributed by atoms with Crippen molar-refractivity contribution in [2.75, 3.05) is 7.11 Å². The maximum absolute atomic E-state index is 12.0. The highest BCUT2D eigenvalue weighted by molar-refractivity contribution is 6.63. The zero-order valence-corrected chi connectivity index (χ0v) is 12.6. The minimum Gasteiger partial charge on any atom is -0.497 e. The van der Waals surface area contributed by atoms with Gasteiger partial charge in [0.15, 0.2) is 0 Å². The van der Waals surface area contributed by atoms with Crippen LogP contribution in [0.25, 0.3) is 11.3 Å². The van der Waals surface area contributed by atoms with Crippen molar-refractivity contribution in [1.82, 2.24) is 9.78 Å². The molecule has 5 nitrogen and oxygen atoms in total. The van der Waals surface area contributed by atoms with Crippen LogP contribution in [-0.4, -0.2) is 22.1 Å². The molecule has 0 saturated carbocycles. The van der Waals surface area contributed by atoms with Crippen molar-refractivity contribution in [3.05, 3.63) is 46.2 Å². The van der Waals surface area contributed by atoms with E-state index in [9.17, 15) is 9.59 Å². The summed E-state index contributed by atoms with van der Waals surface area (Å²) >= 11 is 5.33. The number of carbonyl (C=O) groups is 1. The fourth-order valence-corrected chi connectivity index (χ4v) is 2.08. The molecule has 1 aromatic heterocycles. The van der Waals surface area contributed by atoms with Gasteiger partial charge in [0.1, 0.15) is 5.75 Å². The fourth-order valence-electron chi connectivity index (χ4n) is 1.99. The lowest BCUT2D eigenvalue weighted by Crippen LogP contribution is -2.24. The second kappa shape index (κ2) is 6.54. The minimum absolute atomic E-state index is 0.128. The molecule has 0 unspecified atom stereocenters. The van der Waals surface area contributed by atoms with E-state index >= 15 is 0 Å². The Morgan fingerprint density at radius 2 is 2.00 bits per heavy atom. The number of halogens is 1. The molecule has 2 aromatic rings. The zero-order valence-electron chi connectivity index (χ0n) is 11.8. The highest BCUT2D eigenvalue weighted by Crippen LogP contribution is 2.20. The lowest BCUT2D eigenvalue weighted by atomic mass is 10.1. The van der Waals surface area contributed by atoms with Crippen LogP contribution < -0.4 is 10.3 Å². The number of hydrogen-bond donors (Lipinski definition) is 0. The molecule has 0 saturated heterocycles. The average molecular weight is 307 g/mol. The molecule has 1 aromatic carbocycles. The van der Waals surface area contributed by atoms with Crippen molar-refractivity contribution in [2.45, 2.75) is 12.8 Å². The van der Waals surface area contributed by atoms with Crippen LogP contribution in [0.2, 0.25) is 0 Å². The van der Waals surface area contributed by atoms with Crippen molar-refractivity contribution in [3.8, 4) is 17.0 Å². The largest absolute Gasteiger partial charge is 0.497 e. The lowest BCUT2D eigenvalue weighted by molar-refractivity contribution is -0.111. The van der Waals surface area contributed by atoms with Gasteiger partial charge in [-0.3, -0.25) is 9.59 Å². The Labute approximate surface area is 127 Å². The average Bonchev–Trinajstić information content (AvgIpc) is 2.48. The summed E-state index contributed by atoms with van der Waals surface area (Å²) in [7, 11) is 3.18. The van der Waals surface area contributed by atoms with Gasteiger partial charge in [-0.25, -0.2) is 4.68 Å². The van der Waals surface area contributed by atoms with Crippen molar-refractivity contribution in [3.63, 3.8) is 0 Å². The fraction of sp³-hybridized carbons (Fsp3) is 0.267. The highest BCUT2D eigenvalue weighted by atomic mass is 35.5. The van der Waals surface area contributed by atoms with E-state index in [0.717, 1.165) is 11.3 Å². The molecule has 2 rings (SSSR count). The van der Waals surface area contributed by atoms with Crippen molar-refractivity contribution < 1.29 is 9.53 Å². The summed E-state index contributed by atoms with van der Waals surface area (Å²) in [5.41, 5.74) is 1.83. The van der Waals surface area contributed by atoms with Gasteiger partial charge in [0.05, 0.1) is 12.8 Å². The van der Waals surface area contributed by atoms with Gasteiger partial charge >= 0.3 is 0 Å². The molecule has 0 aliphatic carbocycles. The van der Waals surface area contributed by atoms with Gasteiger partial charge in [0, 0.05) is 24.6 Å². The number of aromatic nitrogens is 2. The molecule has 0 spiro atoms. The summed E-state index contributed by atoms with van der Waals surface area (Å²) in [6, 6.07) is 9.07. The summed E-state index contributed by atoms with van der Waals surface area (Å²) in [6.45, 7) is 0. The smallest absolute Gasteiger partial charge is 0.269 e. The first kappa shape index (κ1) is 15.3. The third kappa shape index (κ3) is 3.70. The van der Waals surface area contributed by atoms with Crippen LogP contribution in [0.5, 0.6) is 5.75 Å². The van der Waals surface area contributed by atoms with Gasteiger partial charge in [-0.1, -0.05) is 0 Å². The van der Waals surface area contributed by atoms with Crippen LogP contribution >= 0.6 is 11.6 Å². The Kier molecular flexibility index (Phi) is 4.75. The molecule has 0 fully saturated rings. The van der Waals surface area contributed by atoms with Gasteiger partial charge in [0.25, 0.3) is 5.56 Å². The molecule has 21 heavy (non-hydrogen) atoms. The summed E-state index contributed by atoms with van der Waals surface area (Å²) in [4.78, 5) is 22.9. The zero-order chi connectivity index (χ0) is 15.4. The standard InChI is InChI=1S/C15H15ClN2O3/c1-18-15(20)11(5-8-14(16)19)9-13(17-18)10-3-6-12(21-2)7-4-10/h3-4,6-7,9H,5,8H2,1-2H3. The highest BCUT2D eigenvalue weighted by Gasteiger charge is 2.09. The van der Waals surface area contributed by atoms with Gasteiger partial charge in [0.2, 0.25) is 5.24 Å². The van der Waals surface area contributed by atoms with Crippen LogP contribution in [0.1, 0.15) is 12.0 Å². The molecule has 110 valence electrons. The molecular weight excluding hydrogens is 292 g/mol. The van der Waals surface area contributed by atoms with Crippen molar-refractivity contribution in [1.29, 1.82) is 0 Å². The second-order valence-corrected chi connectivity index (χ2v) is 4.99. The molecule has 0 radical (unpaired) electrons. The number of aryl methyl sites for hydroxylation is 2. The summed E-state index contributed by atoms with van der Waals surface area (Å²) in [5, 5.41) is 3.77. The van der Waals surface area contributed by atoms with E-state index in [1.54, 1.807) is 20.2 Å². The summed E-state index contributed by atoms with van der Waals surface area (Å²) < 4.78 is 6.38. The topological polar surface area (TPSA) is 61.2 Å². The summed E-state index contributed by atoms with van der Waals surface area (Å²) in [6.07, 6.45) is 0.434. The van der Waals surface area contributed by atoms with Crippen molar-refractivity contribution in [2.24, 2.45) is 7.05 Å². The number of hydrogen-bond acceptors (Lipinski definition) is 4. The Morgan fingerprint density at radius 1 is 1.33 bits per heavy atom. The lowest BCUT2D eigenvalue weighted by Gasteiger charge is -2.07. The quantitative estimate of drug-likeness (QED) is 0.794. The number of benzene rings is 1. The van der Waals surface area contributed by atoms with E-state index in [2.05, 4.69) is 5.10 Å². The van der Waals surface area contributed by atoms with Gasteiger partial charge in [-0.2, -0.15) is 5.10 Å². The Morgan fingerprint density at radius 3 is 2.57 bits per heavy atom. The maximum atomic E-state index is 12.0. The van der Waals surface area contributed by atoms with Crippen LogP contribution in [0.4, 0.5) is 0 Å². The Hall–Kier alpha value is -2.14. The minimum atomic E-state index is -0.458. The molecule has 0 bridgehead atoms. The predicted molar refractivity (Wildman–Crippen MR) is 80.6 cm³/mol. The third-order valence-corrected chi connectivity index (χ3v) is 3.30. The summed E-state index contributed by atoms with van der Waals surface area (Å²) in [5.74, 6) is 0.747. The first-order valence-corrected chi connectivity index (χ1v) is 6.79. The monoisotopic (exact) mass is 306 g/mol. The molecule has 0 atom stereocenters. The predicted octanol–water partition coefficient (Wildman–Crippen LogP) is 2.15. The Bertz CT molecular complexity index is 708. The molecule has 0 N–H and O–H groups in total. The van der Waals surface area contributed by atoms with Crippen LogP contribution in [-0.2, 0) is 18.3 Å². The van der Waals surface area contributed by atoms with Crippen LogP contribution in [0, 0.1) is 0 Å². The number of methoxy groups -OCH3 is 1. The van der Waals surface area contributed by atoms with E-state index in [4.69, 9.17) is 16.3 Å². The third-order valence-electron chi connectivity index (χ3n) is 3.11. The normalized spacial score (nSPS) is 10.4. The van der Waals surface area contributed by atoms with E-state index in [1.807, 2.05) is 24.3 Å². The number of nitrogens with zero attached hydrogens (tertiary/aromatic N) is 2. The van der Waals surface area contributed by atoms with Gasteiger partial charge < -0.3 is 4.74 Å². The SMILES string of the molecule is COc1ccc(-c2cc(CCC(=O)Cl)c(=O)n(C)n2)cc1. The number of rotatable bonds is 5. The maximum Gasteiger partial charge on any atom is 0.269 e. The Balaban J connectivity index is 2.39. The molecule has 1 heterocycles. The molecular formula is C15H15ClN2O3. The van der Waals surface area contributed by atoms with Gasteiger partial charge in [-0.15, -0.1) is 0 Å². The second-order valence-electron chi connectivity index (χ2n) is 4.57. The molecule has 0 amide bonds. The number of ether oxygens (including phenoxy) is 1. The molecule has 0 aliphatic rings. The first-order chi connectivity index (χ1) is 10.0. The van der Waals surface area contributed by atoms with Crippen LogP contribution in [0.3, 0.4) is 0 Å². The molecule has 6 heteroatoms. The first-order valence-electron chi connectivity index (χ1n) is 6.41. The molecule has 0 aliphatic heterocycles. The number of carbonyl (C=O) groups excluding carboxylic acids is 1. The van der Waals surface area contributed by atoms with E-state index in [-0.39, 0.29) is 12.0 Å².